The van der Waals surface area contributed by atoms with Crippen LogP contribution < -0.4 is 10.2 Å². The van der Waals surface area contributed by atoms with Gasteiger partial charge in [-0.25, -0.2) is 13.5 Å². The van der Waals surface area contributed by atoms with E-state index in [9.17, 15) is 13.6 Å². The first-order chi connectivity index (χ1) is 14.5. The molecule has 2 heterocycles. The number of hydrogen-bond acceptors (Lipinski definition) is 4. The number of hydrogen-bond donors (Lipinski definition) is 1. The molecule has 0 aliphatic carbocycles. The molecule has 1 fully saturated rings. The summed E-state index contributed by atoms with van der Waals surface area (Å²) in [5, 5.41) is 7.28. The molecule has 30 heavy (non-hydrogen) atoms. The van der Waals surface area contributed by atoms with E-state index in [1.807, 2.05) is 22.8 Å². The van der Waals surface area contributed by atoms with Crippen LogP contribution in [0.4, 0.5) is 20.3 Å². The Morgan fingerprint density at radius 3 is 2.43 bits per heavy atom. The minimum atomic E-state index is -0.331. The van der Waals surface area contributed by atoms with Crippen LogP contribution in [0.15, 0.2) is 54.6 Å². The molecule has 1 amide bonds. The van der Waals surface area contributed by atoms with Gasteiger partial charge in [0.2, 0.25) is 5.91 Å². The summed E-state index contributed by atoms with van der Waals surface area (Å²) in [6.45, 7) is 4.70. The first kappa shape index (κ1) is 20.0. The molecule has 0 unspecified atom stereocenters. The van der Waals surface area contributed by atoms with Crippen molar-refractivity contribution in [3.63, 3.8) is 0 Å². The number of benzene rings is 2. The second-order valence-corrected chi connectivity index (χ2v) is 7.32. The molecule has 0 radical (unpaired) electrons. The van der Waals surface area contributed by atoms with Crippen molar-refractivity contribution in [2.75, 3.05) is 42.9 Å². The maximum absolute atomic E-state index is 14.0. The van der Waals surface area contributed by atoms with E-state index >= 15 is 0 Å². The molecule has 0 atom stereocenters. The number of para-hydroxylation sites is 1. The van der Waals surface area contributed by atoms with Gasteiger partial charge in [0.1, 0.15) is 17.5 Å². The summed E-state index contributed by atoms with van der Waals surface area (Å²) in [7, 11) is 0. The lowest BCUT2D eigenvalue weighted by molar-refractivity contribution is -0.117. The molecule has 1 aromatic heterocycles. The lowest BCUT2D eigenvalue weighted by Gasteiger charge is -2.35. The average molecular weight is 411 g/mol. The van der Waals surface area contributed by atoms with E-state index in [2.05, 4.69) is 10.4 Å². The number of carbonyl (C=O) groups excluding carboxylic acids is 1. The van der Waals surface area contributed by atoms with Gasteiger partial charge in [0.25, 0.3) is 0 Å². The molecule has 3 aromatic rings. The van der Waals surface area contributed by atoms with Crippen LogP contribution in [0.2, 0.25) is 0 Å². The zero-order chi connectivity index (χ0) is 21.1. The molecule has 1 aliphatic rings. The molecule has 4 rings (SSSR count). The quantitative estimate of drug-likeness (QED) is 0.701. The van der Waals surface area contributed by atoms with Crippen molar-refractivity contribution in [2.24, 2.45) is 0 Å². The predicted octanol–water partition coefficient (Wildman–Crippen LogP) is 3.22. The maximum Gasteiger partial charge on any atom is 0.239 e. The number of amides is 1. The fraction of sp³-hybridized carbons (Fsp3) is 0.273. The third-order valence-corrected chi connectivity index (χ3v) is 5.10. The number of piperazine rings is 1. The normalized spacial score (nSPS) is 14.7. The molecular weight excluding hydrogens is 388 g/mol. The number of nitrogens with one attached hydrogen (secondary N) is 1. The number of halogens is 2. The van der Waals surface area contributed by atoms with Crippen molar-refractivity contribution >= 4 is 17.4 Å². The Balaban J connectivity index is 1.36. The average Bonchev–Trinajstić information content (AvgIpc) is 3.09. The molecular formula is C22H23F2N5O. The Morgan fingerprint density at radius 1 is 1.03 bits per heavy atom. The summed E-state index contributed by atoms with van der Waals surface area (Å²) in [5.74, 6) is -0.178. The van der Waals surface area contributed by atoms with Gasteiger partial charge in [-0.1, -0.05) is 12.1 Å². The van der Waals surface area contributed by atoms with E-state index in [1.54, 1.807) is 35.0 Å². The molecule has 156 valence electrons. The third-order valence-electron chi connectivity index (χ3n) is 5.10. The molecule has 0 spiro atoms. The number of aromatic nitrogens is 2. The zero-order valence-electron chi connectivity index (χ0n) is 16.7. The highest BCUT2D eigenvalue weighted by atomic mass is 19.1. The highest BCUT2D eigenvalue weighted by Gasteiger charge is 2.21. The largest absolute Gasteiger partial charge is 0.367 e. The zero-order valence-corrected chi connectivity index (χ0v) is 16.7. The second kappa shape index (κ2) is 8.62. The first-order valence-electron chi connectivity index (χ1n) is 9.84. The number of aryl methyl sites for hydroxylation is 1. The van der Waals surface area contributed by atoms with Crippen molar-refractivity contribution in [2.45, 2.75) is 6.92 Å². The fourth-order valence-corrected chi connectivity index (χ4v) is 3.61. The van der Waals surface area contributed by atoms with Crippen molar-refractivity contribution in [3.8, 4) is 5.69 Å². The van der Waals surface area contributed by atoms with Crippen LogP contribution in [0.5, 0.6) is 0 Å². The molecule has 1 aliphatic heterocycles. The molecule has 0 bridgehead atoms. The van der Waals surface area contributed by atoms with Crippen molar-refractivity contribution < 1.29 is 13.6 Å². The first-order valence-corrected chi connectivity index (χ1v) is 9.84. The van der Waals surface area contributed by atoms with Crippen molar-refractivity contribution in [3.05, 3.63) is 71.9 Å². The highest BCUT2D eigenvalue weighted by molar-refractivity contribution is 5.91. The van der Waals surface area contributed by atoms with Gasteiger partial charge in [-0.3, -0.25) is 9.69 Å². The monoisotopic (exact) mass is 411 g/mol. The molecule has 1 N–H and O–H groups in total. The summed E-state index contributed by atoms with van der Waals surface area (Å²) >= 11 is 0. The van der Waals surface area contributed by atoms with Gasteiger partial charge in [0.15, 0.2) is 0 Å². The molecule has 0 saturated carbocycles. The van der Waals surface area contributed by atoms with Crippen LogP contribution in [-0.2, 0) is 4.79 Å². The number of carbonyl (C=O) groups is 1. The minimum Gasteiger partial charge on any atom is -0.367 e. The Bertz CT molecular complexity index is 1030. The van der Waals surface area contributed by atoms with Crippen LogP contribution >= 0.6 is 0 Å². The van der Waals surface area contributed by atoms with E-state index in [1.165, 1.54) is 18.2 Å². The Kier molecular flexibility index (Phi) is 5.76. The van der Waals surface area contributed by atoms with Crippen LogP contribution in [0.25, 0.3) is 5.69 Å². The maximum atomic E-state index is 14.0. The van der Waals surface area contributed by atoms with E-state index in [0.717, 1.165) is 5.69 Å². The Morgan fingerprint density at radius 2 is 1.73 bits per heavy atom. The molecule has 2 aromatic carbocycles. The molecule has 6 nitrogen and oxygen atoms in total. The molecule has 8 heteroatoms. The van der Waals surface area contributed by atoms with E-state index < -0.39 is 0 Å². The van der Waals surface area contributed by atoms with Crippen molar-refractivity contribution in [1.82, 2.24) is 14.7 Å². The van der Waals surface area contributed by atoms with Gasteiger partial charge < -0.3 is 10.2 Å². The van der Waals surface area contributed by atoms with E-state index in [-0.39, 0.29) is 24.1 Å². The van der Waals surface area contributed by atoms with Crippen LogP contribution in [0.1, 0.15) is 5.69 Å². The van der Waals surface area contributed by atoms with Crippen LogP contribution in [-0.4, -0.2) is 53.3 Å². The Hall–Kier alpha value is -3.26. The minimum absolute atomic E-state index is 0.155. The standard InChI is InChI=1S/C22H23F2N5O/c1-16-14-21(29(26-16)18-8-6-17(23)7-9-18)25-22(30)15-27-10-12-28(13-11-27)20-5-3-2-4-19(20)24/h2-9,14H,10-13,15H2,1H3,(H,25,30). The van der Waals surface area contributed by atoms with Crippen LogP contribution in [0, 0.1) is 18.6 Å². The summed E-state index contributed by atoms with van der Waals surface area (Å²) in [6.07, 6.45) is 0. The van der Waals surface area contributed by atoms with Crippen molar-refractivity contribution in [1.29, 1.82) is 0 Å². The van der Waals surface area contributed by atoms with E-state index in [4.69, 9.17) is 0 Å². The number of rotatable bonds is 5. The number of nitrogens with zero attached hydrogens (tertiary/aromatic N) is 4. The smallest absolute Gasteiger partial charge is 0.239 e. The van der Waals surface area contributed by atoms with Gasteiger partial charge in [0.05, 0.1) is 23.6 Å². The lowest BCUT2D eigenvalue weighted by Crippen LogP contribution is -2.49. The Labute approximate surface area is 173 Å². The lowest BCUT2D eigenvalue weighted by atomic mass is 10.2. The topological polar surface area (TPSA) is 53.4 Å². The SMILES string of the molecule is Cc1cc(NC(=O)CN2CCN(c3ccccc3F)CC2)n(-c2ccc(F)cc2)n1. The van der Waals surface area contributed by atoms with Crippen LogP contribution in [0.3, 0.4) is 0 Å². The highest BCUT2D eigenvalue weighted by Crippen LogP contribution is 2.21. The fourth-order valence-electron chi connectivity index (χ4n) is 3.61. The van der Waals surface area contributed by atoms with Gasteiger partial charge >= 0.3 is 0 Å². The summed E-state index contributed by atoms with van der Waals surface area (Å²) in [6, 6.07) is 14.4. The third kappa shape index (κ3) is 4.49. The van der Waals surface area contributed by atoms with Gasteiger partial charge in [-0.2, -0.15) is 5.10 Å². The molecule has 1 saturated heterocycles. The predicted molar refractivity (Wildman–Crippen MR) is 112 cm³/mol. The van der Waals surface area contributed by atoms with E-state index in [0.29, 0.717) is 43.4 Å². The summed E-state index contributed by atoms with van der Waals surface area (Å²) in [5.41, 5.74) is 2.01. The summed E-state index contributed by atoms with van der Waals surface area (Å²) < 4.78 is 28.8. The van der Waals surface area contributed by atoms with Gasteiger partial charge in [-0.05, 0) is 43.3 Å². The van der Waals surface area contributed by atoms with Gasteiger partial charge in [-0.15, -0.1) is 0 Å². The summed E-state index contributed by atoms with van der Waals surface area (Å²) in [4.78, 5) is 16.6. The second-order valence-electron chi connectivity index (χ2n) is 7.32. The van der Waals surface area contributed by atoms with Gasteiger partial charge in [0, 0.05) is 32.2 Å². The number of anilines is 2.